The fourth-order valence-electron chi connectivity index (χ4n) is 1.17. The van der Waals surface area contributed by atoms with Crippen LogP contribution in [0.3, 0.4) is 0 Å². The maximum Gasteiger partial charge on any atom is 0.226 e. The monoisotopic (exact) mass is 205 g/mol. The summed E-state index contributed by atoms with van der Waals surface area (Å²) in [6, 6.07) is 6.51. The predicted octanol–water partition coefficient (Wildman–Crippen LogP) is 1.45. The third-order valence-corrected chi connectivity index (χ3v) is 2.07. The van der Waals surface area contributed by atoms with Crippen molar-refractivity contribution in [3.05, 3.63) is 39.1 Å². The molecule has 0 spiro atoms. The maximum absolute atomic E-state index is 11.5. The van der Waals surface area contributed by atoms with E-state index in [4.69, 9.17) is 16.9 Å². The lowest BCUT2D eigenvalue weighted by molar-refractivity contribution is 1.04. The lowest BCUT2D eigenvalue weighted by Gasteiger charge is -1.96. The van der Waals surface area contributed by atoms with E-state index in [0.29, 0.717) is 15.9 Å². The van der Waals surface area contributed by atoms with Crippen molar-refractivity contribution in [2.24, 2.45) is 0 Å². The van der Waals surface area contributed by atoms with Crippen molar-refractivity contribution in [3.8, 4) is 6.07 Å². The Kier molecular flexibility index (Phi) is 1.95. The summed E-state index contributed by atoms with van der Waals surface area (Å²) in [5, 5.41) is 15.6. The van der Waals surface area contributed by atoms with Crippen molar-refractivity contribution >= 4 is 22.5 Å². The third-order valence-electron chi connectivity index (χ3n) is 1.84. The number of nitrogens with zero attached hydrogens (tertiary/aromatic N) is 2. The number of benzene rings is 1. The summed E-state index contributed by atoms with van der Waals surface area (Å²) >= 11 is 5.73. The molecule has 2 aromatic rings. The lowest BCUT2D eigenvalue weighted by atomic mass is 10.2. The smallest absolute Gasteiger partial charge is 0.226 e. The Morgan fingerprint density at radius 3 is 3.00 bits per heavy atom. The Morgan fingerprint density at radius 2 is 2.29 bits per heavy atom. The SMILES string of the molecule is N#Cc1n[nH]c2ccc(Cl)cc2c1=O. The van der Waals surface area contributed by atoms with Crippen molar-refractivity contribution in [3.63, 3.8) is 0 Å². The molecule has 1 aromatic heterocycles. The van der Waals surface area contributed by atoms with E-state index in [1.807, 2.05) is 0 Å². The van der Waals surface area contributed by atoms with Crippen LogP contribution in [0.25, 0.3) is 10.9 Å². The molecule has 1 N–H and O–H groups in total. The first kappa shape index (κ1) is 8.73. The molecule has 0 saturated carbocycles. The minimum atomic E-state index is -0.399. The molecule has 14 heavy (non-hydrogen) atoms. The first-order valence-corrected chi connectivity index (χ1v) is 4.18. The largest absolute Gasteiger partial charge is 0.286 e. The second kappa shape index (κ2) is 3.13. The summed E-state index contributed by atoms with van der Waals surface area (Å²) < 4.78 is 0. The van der Waals surface area contributed by atoms with E-state index in [2.05, 4.69) is 10.2 Å². The summed E-state index contributed by atoms with van der Waals surface area (Å²) in [5.74, 6) is 0. The highest BCUT2D eigenvalue weighted by Gasteiger charge is 2.05. The quantitative estimate of drug-likeness (QED) is 0.708. The Balaban J connectivity index is 2.96. The average molecular weight is 206 g/mol. The van der Waals surface area contributed by atoms with Gasteiger partial charge in [-0.25, -0.2) is 0 Å². The van der Waals surface area contributed by atoms with E-state index in [-0.39, 0.29) is 5.69 Å². The summed E-state index contributed by atoms with van der Waals surface area (Å²) in [6.45, 7) is 0. The number of nitriles is 1. The van der Waals surface area contributed by atoms with E-state index < -0.39 is 5.43 Å². The molecule has 5 heteroatoms. The van der Waals surface area contributed by atoms with Crippen LogP contribution < -0.4 is 5.43 Å². The molecule has 0 aliphatic carbocycles. The van der Waals surface area contributed by atoms with E-state index in [1.165, 1.54) is 6.07 Å². The molecule has 2 rings (SSSR count). The number of hydrogen-bond donors (Lipinski definition) is 1. The third kappa shape index (κ3) is 1.24. The molecule has 0 saturated heterocycles. The lowest BCUT2D eigenvalue weighted by Crippen LogP contribution is -2.10. The van der Waals surface area contributed by atoms with Gasteiger partial charge >= 0.3 is 0 Å². The topological polar surface area (TPSA) is 69.5 Å². The zero-order valence-corrected chi connectivity index (χ0v) is 7.67. The predicted molar refractivity (Wildman–Crippen MR) is 52.1 cm³/mol. The van der Waals surface area contributed by atoms with Crippen molar-refractivity contribution in [1.82, 2.24) is 10.2 Å². The second-order valence-corrected chi connectivity index (χ2v) is 3.14. The molecular formula is C9H4ClN3O. The summed E-state index contributed by atoms with van der Waals surface area (Å²) in [4.78, 5) is 11.5. The van der Waals surface area contributed by atoms with Gasteiger partial charge in [-0.1, -0.05) is 11.6 Å². The van der Waals surface area contributed by atoms with Gasteiger partial charge in [0.15, 0.2) is 0 Å². The summed E-state index contributed by atoms with van der Waals surface area (Å²) in [6.07, 6.45) is 0. The van der Waals surface area contributed by atoms with Crippen LogP contribution in [0.4, 0.5) is 0 Å². The number of aromatic nitrogens is 2. The average Bonchev–Trinajstić information content (AvgIpc) is 2.20. The Morgan fingerprint density at radius 1 is 1.50 bits per heavy atom. The van der Waals surface area contributed by atoms with Gasteiger partial charge in [-0.3, -0.25) is 9.89 Å². The van der Waals surface area contributed by atoms with Gasteiger partial charge in [0.25, 0.3) is 0 Å². The van der Waals surface area contributed by atoms with Crippen molar-refractivity contribution in [2.75, 3.05) is 0 Å². The molecule has 0 amide bonds. The number of aromatic amines is 1. The number of fused-ring (bicyclic) bond motifs is 1. The second-order valence-electron chi connectivity index (χ2n) is 2.70. The molecule has 1 aromatic carbocycles. The highest BCUT2D eigenvalue weighted by molar-refractivity contribution is 6.31. The Bertz CT molecular complexity index is 597. The van der Waals surface area contributed by atoms with Gasteiger partial charge in [0, 0.05) is 5.02 Å². The van der Waals surface area contributed by atoms with E-state index in [0.717, 1.165) is 0 Å². The van der Waals surface area contributed by atoms with Crippen LogP contribution in [0, 0.1) is 11.3 Å². The molecule has 0 bridgehead atoms. The van der Waals surface area contributed by atoms with Crippen molar-refractivity contribution in [1.29, 1.82) is 5.26 Å². The van der Waals surface area contributed by atoms with Crippen LogP contribution in [0.2, 0.25) is 5.02 Å². The standard InChI is InChI=1S/C9H4ClN3O/c10-5-1-2-7-6(3-5)9(14)8(4-11)13-12-7/h1-3H,(H,12,14). The van der Waals surface area contributed by atoms with Crippen LogP contribution in [0.5, 0.6) is 0 Å². The molecule has 0 unspecified atom stereocenters. The van der Waals surface area contributed by atoms with Crippen molar-refractivity contribution < 1.29 is 0 Å². The highest BCUT2D eigenvalue weighted by Crippen LogP contribution is 2.13. The number of halogens is 1. The number of H-pyrrole nitrogens is 1. The van der Waals surface area contributed by atoms with Crippen LogP contribution in [0.15, 0.2) is 23.0 Å². The van der Waals surface area contributed by atoms with Gasteiger partial charge in [0.2, 0.25) is 11.1 Å². The van der Waals surface area contributed by atoms with E-state index >= 15 is 0 Å². The van der Waals surface area contributed by atoms with Gasteiger partial charge in [-0.15, -0.1) is 0 Å². The fourth-order valence-corrected chi connectivity index (χ4v) is 1.34. The summed E-state index contributed by atoms with van der Waals surface area (Å²) in [5.41, 5.74) is 0.0157. The minimum Gasteiger partial charge on any atom is -0.286 e. The first-order valence-electron chi connectivity index (χ1n) is 3.80. The highest BCUT2D eigenvalue weighted by atomic mass is 35.5. The number of rotatable bonds is 0. The number of nitrogens with one attached hydrogen (secondary N) is 1. The van der Waals surface area contributed by atoms with Crippen LogP contribution in [-0.4, -0.2) is 10.2 Å². The molecule has 68 valence electrons. The van der Waals surface area contributed by atoms with Gasteiger partial charge < -0.3 is 0 Å². The minimum absolute atomic E-state index is 0.153. The van der Waals surface area contributed by atoms with Gasteiger partial charge in [-0.2, -0.15) is 10.4 Å². The van der Waals surface area contributed by atoms with Crippen LogP contribution in [0.1, 0.15) is 5.69 Å². The summed E-state index contributed by atoms with van der Waals surface area (Å²) in [7, 11) is 0. The molecule has 0 radical (unpaired) electrons. The molecule has 0 aliphatic rings. The molecule has 0 fully saturated rings. The molecule has 0 aliphatic heterocycles. The van der Waals surface area contributed by atoms with Gasteiger partial charge in [0.1, 0.15) is 6.07 Å². The van der Waals surface area contributed by atoms with E-state index in [9.17, 15) is 4.79 Å². The molecular weight excluding hydrogens is 202 g/mol. The zero-order valence-electron chi connectivity index (χ0n) is 6.91. The van der Waals surface area contributed by atoms with Crippen molar-refractivity contribution in [2.45, 2.75) is 0 Å². The number of hydrogen-bond acceptors (Lipinski definition) is 3. The normalized spacial score (nSPS) is 10.0. The van der Waals surface area contributed by atoms with Crippen LogP contribution >= 0.6 is 11.6 Å². The maximum atomic E-state index is 11.5. The van der Waals surface area contributed by atoms with Crippen LogP contribution in [-0.2, 0) is 0 Å². The van der Waals surface area contributed by atoms with Gasteiger partial charge in [0.05, 0.1) is 10.9 Å². The van der Waals surface area contributed by atoms with E-state index in [1.54, 1.807) is 18.2 Å². The Labute approximate surface area is 83.7 Å². The molecule has 4 nitrogen and oxygen atoms in total. The molecule has 0 atom stereocenters. The Hall–Kier alpha value is -1.86. The van der Waals surface area contributed by atoms with Gasteiger partial charge in [-0.05, 0) is 18.2 Å². The fraction of sp³-hybridized carbons (Fsp3) is 0. The molecule has 1 heterocycles. The first-order chi connectivity index (χ1) is 6.72. The zero-order chi connectivity index (χ0) is 10.1.